The molecule has 0 aliphatic carbocycles. The van der Waals surface area contributed by atoms with Gasteiger partial charge >= 0.3 is 0 Å². The summed E-state index contributed by atoms with van der Waals surface area (Å²) in [5, 5.41) is 19.5. The van der Waals surface area contributed by atoms with E-state index in [2.05, 4.69) is 0 Å². The van der Waals surface area contributed by atoms with Gasteiger partial charge in [0.25, 0.3) is 0 Å². The molecule has 19 heavy (non-hydrogen) atoms. The zero-order valence-electron chi connectivity index (χ0n) is 11.2. The van der Waals surface area contributed by atoms with E-state index in [1.54, 1.807) is 24.3 Å². The van der Waals surface area contributed by atoms with Gasteiger partial charge in [-0.25, -0.2) is 0 Å². The van der Waals surface area contributed by atoms with Crippen LogP contribution in [0.25, 0.3) is 0 Å². The van der Waals surface area contributed by atoms with Gasteiger partial charge in [-0.2, -0.15) is 0 Å². The first-order chi connectivity index (χ1) is 9.09. The van der Waals surface area contributed by atoms with Crippen LogP contribution in [0.1, 0.15) is 22.3 Å². The standard InChI is InChI=1S/C16H18O3/c1-11-5-3-7-15(17)13(11)9-19-10-14-12(2)6-4-8-16(14)18/h3-8,17-18H,9-10H2,1-2H3. The highest BCUT2D eigenvalue weighted by Crippen LogP contribution is 2.24. The third kappa shape index (κ3) is 3.06. The first-order valence-electron chi connectivity index (χ1n) is 6.22. The first-order valence-corrected chi connectivity index (χ1v) is 6.22. The highest BCUT2D eigenvalue weighted by molar-refractivity contribution is 5.39. The van der Waals surface area contributed by atoms with E-state index in [0.717, 1.165) is 22.3 Å². The molecule has 2 aromatic carbocycles. The van der Waals surface area contributed by atoms with Crippen molar-refractivity contribution in [2.24, 2.45) is 0 Å². The van der Waals surface area contributed by atoms with Crippen LogP contribution < -0.4 is 0 Å². The molecule has 0 spiro atoms. The molecule has 0 bridgehead atoms. The van der Waals surface area contributed by atoms with E-state index in [1.807, 2.05) is 26.0 Å². The molecule has 3 nitrogen and oxygen atoms in total. The number of aromatic hydroxyl groups is 2. The SMILES string of the molecule is Cc1cccc(O)c1COCc1c(C)cccc1O. The minimum atomic E-state index is 0.244. The van der Waals surface area contributed by atoms with Crippen LogP contribution in [0.4, 0.5) is 0 Å². The molecule has 2 aromatic rings. The lowest BCUT2D eigenvalue weighted by molar-refractivity contribution is 0.103. The maximum absolute atomic E-state index is 9.77. The number of hydrogen-bond donors (Lipinski definition) is 2. The summed E-state index contributed by atoms with van der Waals surface area (Å²) < 4.78 is 5.61. The molecule has 0 saturated carbocycles. The van der Waals surface area contributed by atoms with E-state index in [9.17, 15) is 10.2 Å². The lowest BCUT2D eigenvalue weighted by atomic mass is 10.1. The second-order valence-corrected chi connectivity index (χ2v) is 4.64. The Kier molecular flexibility index (Phi) is 4.07. The molecule has 100 valence electrons. The largest absolute Gasteiger partial charge is 0.508 e. The Balaban J connectivity index is 2.05. The normalized spacial score (nSPS) is 10.6. The van der Waals surface area contributed by atoms with E-state index in [4.69, 9.17) is 4.74 Å². The molecule has 0 radical (unpaired) electrons. The third-order valence-electron chi connectivity index (χ3n) is 3.26. The molecular weight excluding hydrogens is 240 g/mol. The molecule has 0 saturated heterocycles. The smallest absolute Gasteiger partial charge is 0.121 e. The van der Waals surface area contributed by atoms with E-state index in [-0.39, 0.29) is 11.5 Å². The number of phenolic OH excluding ortho intramolecular Hbond substituents is 2. The molecular formula is C16H18O3. The van der Waals surface area contributed by atoms with Gasteiger partial charge in [0.1, 0.15) is 11.5 Å². The maximum Gasteiger partial charge on any atom is 0.121 e. The summed E-state index contributed by atoms with van der Waals surface area (Å²) in [6, 6.07) is 10.8. The van der Waals surface area contributed by atoms with E-state index in [0.29, 0.717) is 13.2 Å². The van der Waals surface area contributed by atoms with E-state index in [1.165, 1.54) is 0 Å². The second-order valence-electron chi connectivity index (χ2n) is 4.64. The van der Waals surface area contributed by atoms with Crippen molar-refractivity contribution in [1.82, 2.24) is 0 Å². The summed E-state index contributed by atoms with van der Waals surface area (Å²) in [5.41, 5.74) is 3.56. The molecule has 2 rings (SSSR count). The molecule has 3 heteroatoms. The van der Waals surface area contributed by atoms with Crippen LogP contribution in [-0.4, -0.2) is 10.2 Å². The van der Waals surface area contributed by atoms with Crippen molar-refractivity contribution >= 4 is 0 Å². The van der Waals surface area contributed by atoms with Crippen LogP contribution in [0.15, 0.2) is 36.4 Å². The van der Waals surface area contributed by atoms with Gasteiger partial charge in [-0.15, -0.1) is 0 Å². The Morgan fingerprint density at radius 1 is 0.789 bits per heavy atom. The summed E-state index contributed by atoms with van der Waals surface area (Å²) in [4.78, 5) is 0. The van der Waals surface area contributed by atoms with Gasteiger partial charge in [0.2, 0.25) is 0 Å². The van der Waals surface area contributed by atoms with Crippen molar-refractivity contribution in [2.75, 3.05) is 0 Å². The lowest BCUT2D eigenvalue weighted by Crippen LogP contribution is -1.98. The highest BCUT2D eigenvalue weighted by atomic mass is 16.5. The minimum absolute atomic E-state index is 0.244. The second kappa shape index (κ2) is 5.76. The molecule has 0 amide bonds. The van der Waals surface area contributed by atoms with Crippen LogP contribution >= 0.6 is 0 Å². The Hall–Kier alpha value is -2.00. The Morgan fingerprint density at radius 2 is 1.21 bits per heavy atom. The topological polar surface area (TPSA) is 49.7 Å². The third-order valence-corrected chi connectivity index (χ3v) is 3.26. The highest BCUT2D eigenvalue weighted by Gasteiger charge is 2.07. The number of hydrogen-bond acceptors (Lipinski definition) is 3. The van der Waals surface area contributed by atoms with Gasteiger partial charge in [0.15, 0.2) is 0 Å². The average molecular weight is 258 g/mol. The molecule has 0 aliphatic heterocycles. The van der Waals surface area contributed by atoms with Crippen LogP contribution in [0.2, 0.25) is 0 Å². The molecule has 0 heterocycles. The van der Waals surface area contributed by atoms with Gasteiger partial charge in [-0.3, -0.25) is 0 Å². The van der Waals surface area contributed by atoms with Crippen LogP contribution in [0.5, 0.6) is 11.5 Å². The van der Waals surface area contributed by atoms with E-state index < -0.39 is 0 Å². The van der Waals surface area contributed by atoms with Crippen molar-refractivity contribution < 1.29 is 14.9 Å². The van der Waals surface area contributed by atoms with Gasteiger partial charge in [-0.1, -0.05) is 24.3 Å². The number of ether oxygens (including phenoxy) is 1. The van der Waals surface area contributed by atoms with Crippen LogP contribution in [0, 0.1) is 13.8 Å². The van der Waals surface area contributed by atoms with Gasteiger partial charge in [0.05, 0.1) is 13.2 Å². The molecule has 2 N–H and O–H groups in total. The molecule has 0 unspecified atom stereocenters. The predicted octanol–water partition coefficient (Wildman–Crippen LogP) is 3.43. The zero-order valence-corrected chi connectivity index (χ0v) is 11.2. The van der Waals surface area contributed by atoms with Gasteiger partial charge in [-0.05, 0) is 37.1 Å². The maximum atomic E-state index is 9.77. The number of aryl methyl sites for hydroxylation is 2. The number of benzene rings is 2. The van der Waals surface area contributed by atoms with Gasteiger partial charge in [0, 0.05) is 11.1 Å². The minimum Gasteiger partial charge on any atom is -0.508 e. The number of rotatable bonds is 4. The fourth-order valence-electron chi connectivity index (χ4n) is 2.00. The van der Waals surface area contributed by atoms with Crippen molar-refractivity contribution in [2.45, 2.75) is 27.1 Å². The van der Waals surface area contributed by atoms with E-state index >= 15 is 0 Å². The Morgan fingerprint density at radius 3 is 1.58 bits per heavy atom. The van der Waals surface area contributed by atoms with Crippen molar-refractivity contribution in [3.8, 4) is 11.5 Å². The Bertz CT molecular complexity index is 484. The molecule has 0 atom stereocenters. The van der Waals surface area contributed by atoms with Crippen molar-refractivity contribution in [1.29, 1.82) is 0 Å². The lowest BCUT2D eigenvalue weighted by Gasteiger charge is -2.11. The van der Waals surface area contributed by atoms with Gasteiger partial charge < -0.3 is 14.9 Å². The Labute approximate surface area is 113 Å². The van der Waals surface area contributed by atoms with Crippen molar-refractivity contribution in [3.63, 3.8) is 0 Å². The molecule has 0 aromatic heterocycles. The van der Waals surface area contributed by atoms with Crippen LogP contribution in [-0.2, 0) is 18.0 Å². The monoisotopic (exact) mass is 258 g/mol. The summed E-state index contributed by atoms with van der Waals surface area (Å²) in [5.74, 6) is 0.489. The summed E-state index contributed by atoms with van der Waals surface area (Å²) in [7, 11) is 0. The fourth-order valence-corrected chi connectivity index (χ4v) is 2.00. The molecule has 0 fully saturated rings. The average Bonchev–Trinajstić information content (AvgIpc) is 2.36. The number of phenols is 2. The quantitative estimate of drug-likeness (QED) is 0.883. The van der Waals surface area contributed by atoms with Crippen LogP contribution in [0.3, 0.4) is 0 Å². The summed E-state index contributed by atoms with van der Waals surface area (Å²) in [6.45, 7) is 4.52. The summed E-state index contributed by atoms with van der Waals surface area (Å²) >= 11 is 0. The summed E-state index contributed by atoms with van der Waals surface area (Å²) in [6.07, 6.45) is 0. The first kappa shape index (κ1) is 13.4. The molecule has 0 aliphatic rings. The van der Waals surface area contributed by atoms with Crippen molar-refractivity contribution in [3.05, 3.63) is 58.7 Å². The fraction of sp³-hybridized carbons (Fsp3) is 0.250. The zero-order chi connectivity index (χ0) is 13.8. The predicted molar refractivity (Wildman–Crippen MR) is 74.2 cm³/mol.